The first-order valence-electron chi connectivity index (χ1n) is 9.08. The summed E-state index contributed by atoms with van der Waals surface area (Å²) in [5.74, 6) is 0.371. The summed E-state index contributed by atoms with van der Waals surface area (Å²) in [6.45, 7) is 2.21. The highest BCUT2D eigenvalue weighted by Gasteiger charge is 2.21. The second-order valence-corrected chi connectivity index (χ2v) is 6.51. The molecule has 0 saturated carbocycles. The fourth-order valence-electron chi connectivity index (χ4n) is 2.82. The molecule has 0 spiro atoms. The summed E-state index contributed by atoms with van der Waals surface area (Å²) in [6.07, 6.45) is 1.93. The van der Waals surface area contributed by atoms with Crippen LogP contribution < -0.4 is 16.0 Å². The summed E-state index contributed by atoms with van der Waals surface area (Å²) in [5, 5.41) is 8.35. The third kappa shape index (κ3) is 5.74. The van der Waals surface area contributed by atoms with E-state index in [0.717, 1.165) is 11.1 Å². The van der Waals surface area contributed by atoms with E-state index in [1.807, 2.05) is 55.5 Å². The number of carbonyl (C=O) groups excluding carboxylic acids is 2. The lowest BCUT2D eigenvalue weighted by molar-refractivity contribution is -0.123. The van der Waals surface area contributed by atoms with Crippen molar-refractivity contribution in [2.24, 2.45) is 0 Å². The van der Waals surface area contributed by atoms with Gasteiger partial charge in [-0.1, -0.05) is 42.5 Å². The van der Waals surface area contributed by atoms with Gasteiger partial charge in [-0.05, 0) is 42.3 Å². The van der Waals surface area contributed by atoms with E-state index in [2.05, 4.69) is 16.0 Å². The van der Waals surface area contributed by atoms with Crippen molar-refractivity contribution in [3.8, 4) is 0 Å². The smallest absolute Gasteiger partial charge is 0.319 e. The predicted molar refractivity (Wildman–Crippen MR) is 108 cm³/mol. The van der Waals surface area contributed by atoms with E-state index in [4.69, 9.17) is 4.42 Å². The molecule has 0 aliphatic rings. The van der Waals surface area contributed by atoms with Crippen LogP contribution in [0.4, 0.5) is 10.5 Å². The van der Waals surface area contributed by atoms with E-state index >= 15 is 0 Å². The number of benzene rings is 2. The molecule has 144 valence electrons. The van der Waals surface area contributed by atoms with Crippen molar-refractivity contribution in [2.45, 2.75) is 25.9 Å². The van der Waals surface area contributed by atoms with Gasteiger partial charge in [0.15, 0.2) is 0 Å². The highest BCUT2D eigenvalue weighted by atomic mass is 16.3. The van der Waals surface area contributed by atoms with Crippen molar-refractivity contribution in [1.82, 2.24) is 10.6 Å². The highest BCUT2D eigenvalue weighted by molar-refractivity contribution is 5.93. The summed E-state index contributed by atoms with van der Waals surface area (Å²) < 4.78 is 5.24. The summed E-state index contributed by atoms with van der Waals surface area (Å²) in [5.41, 5.74) is 2.67. The maximum absolute atomic E-state index is 12.7. The first-order valence-corrected chi connectivity index (χ1v) is 9.08. The van der Waals surface area contributed by atoms with E-state index in [9.17, 15) is 9.59 Å². The molecule has 0 radical (unpaired) electrons. The number of urea groups is 1. The van der Waals surface area contributed by atoms with Gasteiger partial charge in [0.25, 0.3) is 0 Å². The Kier molecular flexibility index (Phi) is 6.46. The second-order valence-electron chi connectivity index (χ2n) is 6.51. The van der Waals surface area contributed by atoms with Crippen molar-refractivity contribution >= 4 is 17.6 Å². The van der Waals surface area contributed by atoms with Gasteiger partial charge in [-0.2, -0.15) is 0 Å². The molecule has 3 N–H and O–H groups in total. The second kappa shape index (κ2) is 9.41. The fourth-order valence-corrected chi connectivity index (χ4v) is 2.82. The Morgan fingerprint density at radius 3 is 2.54 bits per heavy atom. The average molecular weight is 377 g/mol. The third-order valence-corrected chi connectivity index (χ3v) is 4.20. The van der Waals surface area contributed by atoms with Crippen LogP contribution in [0, 0.1) is 6.92 Å². The lowest BCUT2D eigenvalue weighted by Gasteiger charge is -2.19. The van der Waals surface area contributed by atoms with Gasteiger partial charge in [-0.3, -0.25) is 4.79 Å². The summed E-state index contributed by atoms with van der Waals surface area (Å²) in [7, 11) is 0. The van der Waals surface area contributed by atoms with Crippen LogP contribution in [0.25, 0.3) is 0 Å². The molecule has 1 aromatic heterocycles. The molecular weight excluding hydrogens is 354 g/mol. The Morgan fingerprint density at radius 1 is 1.00 bits per heavy atom. The van der Waals surface area contributed by atoms with Gasteiger partial charge in [-0.15, -0.1) is 0 Å². The Balaban J connectivity index is 1.65. The molecule has 28 heavy (non-hydrogen) atoms. The van der Waals surface area contributed by atoms with Crippen LogP contribution in [-0.4, -0.2) is 18.0 Å². The van der Waals surface area contributed by atoms with E-state index in [1.165, 1.54) is 0 Å². The lowest BCUT2D eigenvalue weighted by atomic mass is 10.1. The maximum atomic E-state index is 12.7. The number of hydrogen-bond acceptors (Lipinski definition) is 3. The molecule has 3 amide bonds. The zero-order valence-corrected chi connectivity index (χ0v) is 15.6. The zero-order chi connectivity index (χ0) is 19.8. The standard InChI is InChI=1S/C22H23N3O3/c1-16-7-5-10-18(13-16)24-22(27)25-20(14-17-8-3-2-4-9-17)21(26)23-15-19-11-6-12-28-19/h2-13,20H,14-15H2,1H3,(H,23,26)(H2,24,25,27). The fraction of sp³-hybridized carbons (Fsp3) is 0.182. The maximum Gasteiger partial charge on any atom is 0.319 e. The highest BCUT2D eigenvalue weighted by Crippen LogP contribution is 2.10. The summed E-state index contributed by atoms with van der Waals surface area (Å²) in [6, 6.07) is 19.4. The number of nitrogens with one attached hydrogen (secondary N) is 3. The van der Waals surface area contributed by atoms with Crippen molar-refractivity contribution in [3.63, 3.8) is 0 Å². The SMILES string of the molecule is Cc1cccc(NC(=O)NC(Cc2ccccc2)C(=O)NCc2ccco2)c1. The lowest BCUT2D eigenvalue weighted by Crippen LogP contribution is -2.49. The monoisotopic (exact) mass is 377 g/mol. The Labute approximate surface area is 164 Å². The van der Waals surface area contributed by atoms with E-state index in [1.54, 1.807) is 24.5 Å². The minimum atomic E-state index is -0.720. The van der Waals surface area contributed by atoms with E-state index < -0.39 is 12.1 Å². The van der Waals surface area contributed by atoms with Crippen LogP contribution in [0.3, 0.4) is 0 Å². The van der Waals surface area contributed by atoms with Crippen LogP contribution in [-0.2, 0) is 17.8 Å². The third-order valence-electron chi connectivity index (χ3n) is 4.20. The molecule has 0 bridgehead atoms. The number of amides is 3. The van der Waals surface area contributed by atoms with Gasteiger partial charge in [0, 0.05) is 12.1 Å². The number of furan rings is 1. The van der Waals surface area contributed by atoms with Gasteiger partial charge in [0.2, 0.25) is 5.91 Å². The quantitative estimate of drug-likeness (QED) is 0.588. The number of hydrogen-bond donors (Lipinski definition) is 3. The summed E-state index contributed by atoms with van der Waals surface area (Å²) >= 11 is 0. The molecule has 1 atom stereocenters. The van der Waals surface area contributed by atoms with Crippen LogP contribution in [0.1, 0.15) is 16.9 Å². The topological polar surface area (TPSA) is 83.4 Å². The van der Waals surface area contributed by atoms with Gasteiger partial charge < -0.3 is 20.4 Å². The van der Waals surface area contributed by atoms with E-state index in [-0.39, 0.29) is 12.5 Å². The molecule has 1 heterocycles. The first kappa shape index (κ1) is 19.2. The molecule has 6 heteroatoms. The number of aryl methyl sites for hydroxylation is 1. The van der Waals surface area contributed by atoms with Crippen LogP contribution >= 0.6 is 0 Å². The minimum Gasteiger partial charge on any atom is -0.467 e. The molecule has 3 rings (SSSR count). The van der Waals surface area contributed by atoms with Gasteiger partial charge in [-0.25, -0.2) is 4.79 Å². The Bertz CT molecular complexity index is 908. The largest absolute Gasteiger partial charge is 0.467 e. The van der Waals surface area contributed by atoms with E-state index in [0.29, 0.717) is 17.9 Å². The molecular formula is C22H23N3O3. The van der Waals surface area contributed by atoms with Crippen molar-refractivity contribution in [3.05, 3.63) is 89.9 Å². The molecule has 0 aliphatic carbocycles. The molecule has 0 aliphatic heterocycles. The van der Waals surface area contributed by atoms with Crippen molar-refractivity contribution in [1.29, 1.82) is 0 Å². The van der Waals surface area contributed by atoms with Crippen LogP contribution in [0.2, 0.25) is 0 Å². The Morgan fingerprint density at radius 2 is 1.82 bits per heavy atom. The molecule has 2 aromatic carbocycles. The zero-order valence-electron chi connectivity index (χ0n) is 15.6. The number of carbonyl (C=O) groups is 2. The Hall–Kier alpha value is -3.54. The molecule has 0 fully saturated rings. The first-order chi connectivity index (χ1) is 13.6. The molecule has 3 aromatic rings. The average Bonchev–Trinajstić information content (AvgIpc) is 3.20. The summed E-state index contributed by atoms with van der Waals surface area (Å²) in [4.78, 5) is 25.1. The van der Waals surface area contributed by atoms with Gasteiger partial charge in [0.05, 0.1) is 12.8 Å². The number of rotatable bonds is 7. The molecule has 6 nitrogen and oxygen atoms in total. The normalized spacial score (nSPS) is 11.5. The number of anilines is 1. The van der Waals surface area contributed by atoms with Gasteiger partial charge in [0.1, 0.15) is 11.8 Å². The van der Waals surface area contributed by atoms with Crippen molar-refractivity contribution in [2.75, 3.05) is 5.32 Å². The molecule has 1 unspecified atom stereocenters. The minimum absolute atomic E-state index is 0.262. The van der Waals surface area contributed by atoms with Crippen LogP contribution in [0.5, 0.6) is 0 Å². The van der Waals surface area contributed by atoms with Crippen LogP contribution in [0.15, 0.2) is 77.4 Å². The van der Waals surface area contributed by atoms with Crippen molar-refractivity contribution < 1.29 is 14.0 Å². The van der Waals surface area contributed by atoms with Gasteiger partial charge >= 0.3 is 6.03 Å². The molecule has 0 saturated heterocycles. The predicted octanol–water partition coefficient (Wildman–Crippen LogP) is 3.64.